The maximum atomic E-state index is 12.7. The van der Waals surface area contributed by atoms with Gasteiger partial charge < -0.3 is 26.0 Å². The van der Waals surface area contributed by atoms with Gasteiger partial charge >= 0.3 is 6.09 Å². The molecular weight excluding hydrogens is 464 g/mol. The average Bonchev–Trinajstić information content (AvgIpc) is 2.69. The van der Waals surface area contributed by atoms with Crippen LogP contribution in [0.2, 0.25) is 0 Å². The van der Waals surface area contributed by atoms with Crippen LogP contribution in [0.4, 0.5) is 21.9 Å². The predicted molar refractivity (Wildman–Crippen MR) is 123 cm³/mol. The van der Waals surface area contributed by atoms with Gasteiger partial charge in [-0.2, -0.15) is 0 Å². The Bertz CT molecular complexity index is 954. The molecule has 1 aliphatic rings. The normalized spacial score (nSPS) is 14.8. The van der Waals surface area contributed by atoms with Gasteiger partial charge in [-0.05, 0) is 67.7 Å². The van der Waals surface area contributed by atoms with Gasteiger partial charge in [-0.25, -0.2) is 9.78 Å². The Morgan fingerprint density at radius 1 is 1.23 bits per heavy atom. The van der Waals surface area contributed by atoms with Gasteiger partial charge in [-0.1, -0.05) is 0 Å². The number of alkyl carbamates (subject to hydrolysis) is 1. The second kappa shape index (κ2) is 9.51. The van der Waals surface area contributed by atoms with E-state index in [4.69, 9.17) is 10.5 Å². The van der Waals surface area contributed by atoms with E-state index in [9.17, 15) is 9.59 Å². The van der Waals surface area contributed by atoms with E-state index in [0.717, 1.165) is 18.5 Å². The summed E-state index contributed by atoms with van der Waals surface area (Å²) < 4.78 is 5.86. The molecule has 0 spiro atoms. The van der Waals surface area contributed by atoms with Crippen molar-refractivity contribution in [3.63, 3.8) is 0 Å². The zero-order valence-corrected chi connectivity index (χ0v) is 19.4. The lowest BCUT2D eigenvalue weighted by Gasteiger charge is -2.35. The minimum absolute atomic E-state index is 0.0386. The van der Waals surface area contributed by atoms with E-state index < -0.39 is 17.6 Å². The molecule has 9 nitrogen and oxygen atoms in total. The molecule has 0 bridgehead atoms. The number of nitrogens with one attached hydrogen (secondary N) is 2. The summed E-state index contributed by atoms with van der Waals surface area (Å²) in [4.78, 5) is 35.2. The number of hydrogen-bond acceptors (Lipinski definition) is 7. The maximum Gasteiger partial charge on any atom is 0.407 e. The Kier molecular flexibility index (Phi) is 6.99. The molecule has 10 heteroatoms. The zero-order valence-electron chi connectivity index (χ0n) is 17.8. The van der Waals surface area contributed by atoms with Crippen LogP contribution in [0.25, 0.3) is 0 Å². The van der Waals surface area contributed by atoms with E-state index in [-0.39, 0.29) is 11.7 Å². The molecule has 2 aromatic heterocycles. The van der Waals surface area contributed by atoms with Crippen LogP contribution in [-0.2, 0) is 4.74 Å². The van der Waals surface area contributed by atoms with E-state index in [1.807, 2.05) is 26.8 Å². The highest BCUT2D eigenvalue weighted by Crippen LogP contribution is 2.28. The Morgan fingerprint density at radius 3 is 2.61 bits per heavy atom. The molecular formula is C21H27BrN6O3. The maximum absolute atomic E-state index is 12.7. The van der Waals surface area contributed by atoms with Crippen molar-refractivity contribution < 1.29 is 14.3 Å². The van der Waals surface area contributed by atoms with Crippen LogP contribution in [0, 0.1) is 0 Å². The third-order valence-corrected chi connectivity index (χ3v) is 5.15. The van der Waals surface area contributed by atoms with Crippen molar-refractivity contribution in [2.45, 2.75) is 45.3 Å². The second-order valence-electron chi connectivity index (χ2n) is 8.33. The number of rotatable bonds is 4. The van der Waals surface area contributed by atoms with Crippen LogP contribution < -0.4 is 21.3 Å². The Balaban J connectivity index is 1.64. The van der Waals surface area contributed by atoms with Crippen molar-refractivity contribution in [2.75, 3.05) is 29.0 Å². The lowest BCUT2D eigenvalue weighted by molar-refractivity contribution is 0.0497. The molecule has 0 atom stereocenters. The number of pyridine rings is 2. The van der Waals surface area contributed by atoms with Crippen LogP contribution >= 0.6 is 15.9 Å². The molecule has 2 amide bonds. The van der Waals surface area contributed by atoms with Gasteiger partial charge in [0.1, 0.15) is 10.2 Å². The lowest BCUT2D eigenvalue weighted by Crippen LogP contribution is -2.46. The summed E-state index contributed by atoms with van der Waals surface area (Å²) in [7, 11) is 0. The minimum Gasteiger partial charge on any atom is -0.444 e. The molecule has 166 valence electrons. The van der Waals surface area contributed by atoms with Gasteiger partial charge in [0.15, 0.2) is 5.69 Å². The molecule has 0 aromatic carbocycles. The number of aromatic nitrogens is 2. The average molecular weight is 491 g/mol. The number of ether oxygens (including phenoxy) is 1. The Labute approximate surface area is 189 Å². The van der Waals surface area contributed by atoms with Gasteiger partial charge in [0.25, 0.3) is 5.91 Å². The highest BCUT2D eigenvalue weighted by molar-refractivity contribution is 9.10. The topological polar surface area (TPSA) is 122 Å². The van der Waals surface area contributed by atoms with Crippen molar-refractivity contribution in [3.8, 4) is 0 Å². The smallest absolute Gasteiger partial charge is 0.407 e. The second-order valence-corrected chi connectivity index (χ2v) is 9.14. The zero-order chi connectivity index (χ0) is 22.6. The number of anilines is 3. The third-order valence-electron chi connectivity index (χ3n) is 4.71. The summed E-state index contributed by atoms with van der Waals surface area (Å²) in [6, 6.07) is 5.20. The summed E-state index contributed by atoms with van der Waals surface area (Å²) in [5.41, 5.74) is 7.24. The van der Waals surface area contributed by atoms with E-state index >= 15 is 0 Å². The molecule has 0 radical (unpaired) electrons. The molecule has 0 unspecified atom stereocenters. The third kappa shape index (κ3) is 6.30. The standard InChI is InChI=1S/C21H27BrN6O3/c1-21(2,3)31-20(30)25-13-7-10-28(11-8-13)16-6-9-24-12-15(16)26-19(29)18-14(23)4-5-17(22)27-18/h4-6,9,12-13H,7-8,10-11,23H2,1-3H3,(H,25,30)(H,26,29). The van der Waals surface area contributed by atoms with Gasteiger partial charge in [0.05, 0.1) is 23.3 Å². The SMILES string of the molecule is CC(C)(C)OC(=O)NC1CCN(c2ccncc2NC(=O)c2nc(Br)ccc2N)CC1. The molecule has 0 saturated carbocycles. The first-order valence-electron chi connectivity index (χ1n) is 10.0. The number of hydrogen-bond donors (Lipinski definition) is 3. The molecule has 3 rings (SSSR count). The first-order chi connectivity index (χ1) is 14.6. The number of carbonyl (C=O) groups is 2. The molecule has 3 heterocycles. The van der Waals surface area contributed by atoms with Crippen molar-refractivity contribution in [1.82, 2.24) is 15.3 Å². The Hall–Kier alpha value is -2.88. The molecule has 1 fully saturated rings. The van der Waals surface area contributed by atoms with Gasteiger partial charge in [-0.15, -0.1) is 0 Å². The molecule has 0 aliphatic carbocycles. The van der Waals surface area contributed by atoms with Crippen molar-refractivity contribution >= 4 is 45.0 Å². The summed E-state index contributed by atoms with van der Waals surface area (Å²) in [5.74, 6) is -0.408. The minimum atomic E-state index is -0.526. The highest BCUT2D eigenvalue weighted by atomic mass is 79.9. The van der Waals surface area contributed by atoms with Gasteiger partial charge in [0.2, 0.25) is 0 Å². The first-order valence-corrected chi connectivity index (χ1v) is 10.8. The summed E-state index contributed by atoms with van der Waals surface area (Å²) in [5, 5.41) is 5.80. The monoisotopic (exact) mass is 490 g/mol. The van der Waals surface area contributed by atoms with E-state index in [1.54, 1.807) is 24.5 Å². The fourth-order valence-corrected chi connectivity index (χ4v) is 3.62. The fraction of sp³-hybridized carbons (Fsp3) is 0.429. The van der Waals surface area contributed by atoms with E-state index in [1.165, 1.54) is 0 Å². The number of amides is 2. The van der Waals surface area contributed by atoms with Crippen LogP contribution in [0.15, 0.2) is 35.2 Å². The number of nitrogens with zero attached hydrogens (tertiary/aromatic N) is 3. The first kappa shape index (κ1) is 22.8. The number of carbonyl (C=O) groups excluding carboxylic acids is 2. The van der Waals surface area contributed by atoms with Gasteiger partial charge in [-0.3, -0.25) is 9.78 Å². The van der Waals surface area contributed by atoms with Crippen LogP contribution in [0.1, 0.15) is 44.1 Å². The number of halogens is 1. The summed E-state index contributed by atoms with van der Waals surface area (Å²) in [6.45, 7) is 6.94. The van der Waals surface area contributed by atoms with Crippen molar-refractivity contribution in [3.05, 3.63) is 40.9 Å². The van der Waals surface area contributed by atoms with E-state index in [2.05, 4.69) is 41.4 Å². The number of piperidine rings is 1. The predicted octanol–water partition coefficient (Wildman–Crippen LogP) is 3.57. The Morgan fingerprint density at radius 2 is 1.94 bits per heavy atom. The van der Waals surface area contributed by atoms with Crippen LogP contribution in [0.3, 0.4) is 0 Å². The van der Waals surface area contributed by atoms with Crippen molar-refractivity contribution in [2.24, 2.45) is 0 Å². The molecule has 2 aromatic rings. The van der Waals surface area contributed by atoms with Crippen LogP contribution in [0.5, 0.6) is 0 Å². The molecule has 4 N–H and O–H groups in total. The highest BCUT2D eigenvalue weighted by Gasteiger charge is 2.25. The number of nitrogens with two attached hydrogens (primary N) is 1. The number of nitrogen functional groups attached to an aromatic ring is 1. The largest absolute Gasteiger partial charge is 0.444 e. The lowest BCUT2D eigenvalue weighted by atomic mass is 10.0. The van der Waals surface area contributed by atoms with E-state index in [0.29, 0.717) is 29.1 Å². The summed E-state index contributed by atoms with van der Waals surface area (Å²) in [6.07, 6.45) is 4.40. The summed E-state index contributed by atoms with van der Waals surface area (Å²) >= 11 is 3.26. The quantitative estimate of drug-likeness (QED) is 0.559. The molecule has 1 saturated heterocycles. The molecule has 31 heavy (non-hydrogen) atoms. The van der Waals surface area contributed by atoms with Crippen LogP contribution in [-0.4, -0.2) is 46.7 Å². The van der Waals surface area contributed by atoms with Gasteiger partial charge in [0, 0.05) is 25.3 Å². The molecule has 1 aliphatic heterocycles. The van der Waals surface area contributed by atoms with Crippen molar-refractivity contribution in [1.29, 1.82) is 0 Å². The fourth-order valence-electron chi connectivity index (χ4n) is 3.31.